The topological polar surface area (TPSA) is 97.3 Å². The Labute approximate surface area is 266 Å². The second-order valence-electron chi connectivity index (χ2n) is 11.8. The number of nitrogens with one attached hydrogen (secondary N) is 1. The minimum absolute atomic E-state index is 0.0241. The number of esters is 1. The monoisotopic (exact) mass is 612 g/mol. The van der Waals surface area contributed by atoms with Crippen molar-refractivity contribution in [3.05, 3.63) is 96.6 Å². The lowest BCUT2D eigenvalue weighted by Crippen LogP contribution is -2.50. The van der Waals surface area contributed by atoms with E-state index in [0.717, 1.165) is 31.5 Å². The zero-order valence-electron chi connectivity index (χ0n) is 26.0. The van der Waals surface area contributed by atoms with Crippen molar-refractivity contribution in [2.24, 2.45) is 5.92 Å². The predicted octanol–water partition coefficient (Wildman–Crippen LogP) is 6.00. The Bertz CT molecular complexity index is 1390. The molecule has 238 valence electrons. The average Bonchev–Trinajstić information content (AvgIpc) is 3.37. The van der Waals surface area contributed by atoms with Crippen molar-refractivity contribution in [2.45, 2.75) is 63.9 Å². The molecule has 1 aliphatic heterocycles. The van der Waals surface area contributed by atoms with Gasteiger partial charge in [-0.25, -0.2) is 0 Å². The van der Waals surface area contributed by atoms with E-state index in [9.17, 15) is 14.7 Å². The summed E-state index contributed by atoms with van der Waals surface area (Å²) in [5.74, 6) is 0.175. The van der Waals surface area contributed by atoms with E-state index in [-0.39, 0.29) is 29.9 Å². The highest BCUT2D eigenvalue weighted by Gasteiger charge is 2.45. The fraction of sp³-hybridized carbons (Fsp3) is 0.405. The molecule has 8 heteroatoms. The molecular weight excluding hydrogens is 568 g/mol. The lowest BCUT2D eigenvalue weighted by atomic mass is 9.94. The van der Waals surface area contributed by atoms with Crippen molar-refractivity contribution >= 4 is 17.6 Å². The van der Waals surface area contributed by atoms with Gasteiger partial charge in [0, 0.05) is 50.5 Å². The van der Waals surface area contributed by atoms with Crippen LogP contribution in [0.15, 0.2) is 91.0 Å². The SMILES string of the molecule is CC(=O)Nc1ccc(OC(=O)CCC/C=C\CC2[C@@H](OCc3ccc(-c4ccccc4)cc3)C[C@@H](O)[C@@H]2N2CCOCC2)cc1. The second kappa shape index (κ2) is 16.5. The molecule has 4 atom stereocenters. The molecule has 1 unspecified atom stereocenters. The van der Waals surface area contributed by atoms with Crippen LogP contribution in [0.5, 0.6) is 5.75 Å². The van der Waals surface area contributed by atoms with Crippen molar-refractivity contribution in [3.8, 4) is 16.9 Å². The first kappa shape index (κ1) is 32.6. The maximum atomic E-state index is 12.3. The standard InChI is InChI=1S/C37H44N2O6/c1-27(40)38-31-17-19-32(20-18-31)45-36(42)12-8-3-2-7-11-33-35(25-34(41)37(33)39-21-23-43-24-22-39)44-26-28-13-15-30(16-14-28)29-9-5-4-6-10-29/h2,4-7,9-10,13-20,33-35,37,41H,3,8,11-12,21-26H2,1H3,(H,38,40)/b7-2-/t33?,34-,35+,37-/m1/s1. The van der Waals surface area contributed by atoms with Gasteiger partial charge in [-0.1, -0.05) is 66.7 Å². The summed E-state index contributed by atoms with van der Waals surface area (Å²) in [5.41, 5.74) is 4.14. The van der Waals surface area contributed by atoms with E-state index in [1.165, 1.54) is 18.1 Å². The van der Waals surface area contributed by atoms with Gasteiger partial charge in [0.25, 0.3) is 0 Å². The Balaban J connectivity index is 1.12. The van der Waals surface area contributed by atoms with E-state index < -0.39 is 6.10 Å². The Hall–Kier alpha value is -3.82. The maximum Gasteiger partial charge on any atom is 0.311 e. The maximum absolute atomic E-state index is 12.3. The summed E-state index contributed by atoms with van der Waals surface area (Å²) in [6.07, 6.45) is 6.94. The van der Waals surface area contributed by atoms with Gasteiger partial charge in [0.15, 0.2) is 0 Å². The van der Waals surface area contributed by atoms with Crippen molar-refractivity contribution in [1.29, 1.82) is 0 Å². The molecule has 3 aromatic carbocycles. The Morgan fingerprint density at radius 1 is 0.956 bits per heavy atom. The molecule has 1 saturated heterocycles. The molecule has 0 bridgehead atoms. The van der Waals surface area contributed by atoms with Gasteiger partial charge < -0.3 is 24.6 Å². The molecule has 3 aromatic rings. The number of ether oxygens (including phenoxy) is 3. The van der Waals surface area contributed by atoms with E-state index in [0.29, 0.717) is 50.5 Å². The average molecular weight is 613 g/mol. The predicted molar refractivity (Wildman–Crippen MR) is 175 cm³/mol. The Kier molecular flexibility index (Phi) is 11.9. The first-order valence-electron chi connectivity index (χ1n) is 16.0. The zero-order valence-corrected chi connectivity index (χ0v) is 26.0. The van der Waals surface area contributed by atoms with Crippen LogP contribution in [0.2, 0.25) is 0 Å². The van der Waals surface area contributed by atoms with E-state index in [4.69, 9.17) is 14.2 Å². The summed E-state index contributed by atoms with van der Waals surface area (Å²) in [7, 11) is 0. The summed E-state index contributed by atoms with van der Waals surface area (Å²) in [4.78, 5) is 25.8. The molecule has 1 heterocycles. The van der Waals surface area contributed by atoms with Gasteiger partial charge in [-0.2, -0.15) is 0 Å². The van der Waals surface area contributed by atoms with Crippen LogP contribution in [-0.2, 0) is 25.7 Å². The molecule has 0 radical (unpaired) electrons. The van der Waals surface area contributed by atoms with Crippen LogP contribution in [0.25, 0.3) is 11.1 Å². The molecule has 1 amide bonds. The van der Waals surface area contributed by atoms with Gasteiger partial charge in [-0.3, -0.25) is 14.5 Å². The number of allylic oxidation sites excluding steroid dienone is 2. The third-order valence-electron chi connectivity index (χ3n) is 8.51. The highest BCUT2D eigenvalue weighted by Crippen LogP contribution is 2.36. The summed E-state index contributed by atoms with van der Waals surface area (Å²) in [6.45, 7) is 4.94. The molecule has 2 fully saturated rings. The van der Waals surface area contributed by atoms with E-state index in [1.54, 1.807) is 24.3 Å². The second-order valence-corrected chi connectivity index (χ2v) is 11.8. The minimum Gasteiger partial charge on any atom is -0.427 e. The van der Waals surface area contributed by atoms with Crippen molar-refractivity contribution < 1.29 is 28.9 Å². The largest absolute Gasteiger partial charge is 0.427 e. The lowest BCUT2D eigenvalue weighted by molar-refractivity contribution is -0.134. The van der Waals surface area contributed by atoms with Crippen LogP contribution in [-0.4, -0.2) is 66.4 Å². The molecule has 8 nitrogen and oxygen atoms in total. The number of carbonyl (C=O) groups excluding carboxylic acids is 2. The van der Waals surface area contributed by atoms with Crippen molar-refractivity contribution in [3.63, 3.8) is 0 Å². The number of rotatable bonds is 13. The first-order valence-corrected chi connectivity index (χ1v) is 16.0. The molecule has 0 spiro atoms. The number of hydrogen-bond donors (Lipinski definition) is 2. The minimum atomic E-state index is -0.450. The van der Waals surface area contributed by atoms with Gasteiger partial charge in [0.1, 0.15) is 5.75 Å². The number of unbranched alkanes of at least 4 members (excludes halogenated alkanes) is 1. The molecule has 2 aliphatic rings. The van der Waals surface area contributed by atoms with Gasteiger partial charge >= 0.3 is 5.97 Å². The number of anilines is 1. The first-order chi connectivity index (χ1) is 22.0. The van der Waals surface area contributed by atoms with Crippen LogP contribution in [0.4, 0.5) is 5.69 Å². The van der Waals surface area contributed by atoms with Crippen LogP contribution in [0, 0.1) is 5.92 Å². The van der Waals surface area contributed by atoms with Crippen molar-refractivity contribution in [2.75, 3.05) is 31.6 Å². The van der Waals surface area contributed by atoms with Gasteiger partial charge in [-0.05, 0) is 60.2 Å². The highest BCUT2D eigenvalue weighted by molar-refractivity contribution is 5.88. The van der Waals surface area contributed by atoms with E-state index >= 15 is 0 Å². The van der Waals surface area contributed by atoms with Crippen LogP contribution in [0.1, 0.15) is 44.6 Å². The smallest absolute Gasteiger partial charge is 0.311 e. The van der Waals surface area contributed by atoms with Crippen LogP contribution in [0.3, 0.4) is 0 Å². The number of carbonyl (C=O) groups is 2. The van der Waals surface area contributed by atoms with Gasteiger partial charge in [0.05, 0.1) is 32.0 Å². The third kappa shape index (κ3) is 9.58. The number of hydrogen-bond acceptors (Lipinski definition) is 7. The number of amides is 1. The summed E-state index contributed by atoms with van der Waals surface area (Å²) >= 11 is 0. The number of morpholine rings is 1. The van der Waals surface area contributed by atoms with E-state index in [2.05, 4.69) is 58.8 Å². The Morgan fingerprint density at radius 2 is 1.67 bits per heavy atom. The Morgan fingerprint density at radius 3 is 2.38 bits per heavy atom. The number of benzene rings is 3. The van der Waals surface area contributed by atoms with Crippen LogP contribution < -0.4 is 10.1 Å². The van der Waals surface area contributed by atoms with Crippen molar-refractivity contribution in [1.82, 2.24) is 4.90 Å². The van der Waals surface area contributed by atoms with Crippen LogP contribution >= 0.6 is 0 Å². The normalized spacial score (nSPS) is 22.0. The zero-order chi connectivity index (χ0) is 31.4. The molecule has 2 N–H and O–H groups in total. The molecule has 1 aliphatic carbocycles. The summed E-state index contributed by atoms with van der Waals surface area (Å²) < 4.78 is 17.5. The number of aliphatic hydroxyl groups excluding tert-OH is 1. The lowest BCUT2D eigenvalue weighted by Gasteiger charge is -2.37. The summed E-state index contributed by atoms with van der Waals surface area (Å²) in [6, 6.07) is 25.6. The molecule has 5 rings (SSSR count). The van der Waals surface area contributed by atoms with E-state index in [1.807, 2.05) is 18.2 Å². The molecule has 45 heavy (non-hydrogen) atoms. The third-order valence-corrected chi connectivity index (χ3v) is 8.51. The molecule has 1 saturated carbocycles. The van der Waals surface area contributed by atoms with Gasteiger partial charge in [-0.15, -0.1) is 0 Å². The number of nitrogens with zero attached hydrogens (tertiary/aromatic N) is 1. The van der Waals surface area contributed by atoms with Gasteiger partial charge in [0.2, 0.25) is 5.91 Å². The quantitative estimate of drug-likeness (QED) is 0.106. The summed E-state index contributed by atoms with van der Waals surface area (Å²) in [5, 5.41) is 13.9. The molecule has 0 aromatic heterocycles. The fourth-order valence-corrected chi connectivity index (χ4v) is 6.28. The fourth-order valence-electron chi connectivity index (χ4n) is 6.28. The highest BCUT2D eigenvalue weighted by atomic mass is 16.5. The number of aliphatic hydroxyl groups is 1. The molecular formula is C37H44N2O6.